The summed E-state index contributed by atoms with van der Waals surface area (Å²) in [6.07, 6.45) is 7.15. The van der Waals surface area contributed by atoms with Crippen LogP contribution in [0, 0.1) is 0 Å². The summed E-state index contributed by atoms with van der Waals surface area (Å²) < 4.78 is 39.9. The van der Waals surface area contributed by atoms with Crippen LogP contribution in [0.3, 0.4) is 0 Å². The lowest BCUT2D eigenvalue weighted by Crippen LogP contribution is -2.46. The maximum absolute atomic E-state index is 13.1. The molecule has 1 N–H and O–H groups in total. The molecule has 1 unspecified atom stereocenters. The molecule has 1 aromatic heterocycles. The SMILES string of the molecule is COc1ccc(S(=O)(=O)N2CCCC2C(=O)NCCCn2ccnc2)cc1OC. The molecule has 10 heteroatoms. The third kappa shape index (κ3) is 4.70. The van der Waals surface area contributed by atoms with E-state index >= 15 is 0 Å². The molecular weight excluding hydrogens is 396 g/mol. The predicted octanol–water partition coefficient (Wildman–Crippen LogP) is 1.26. The summed E-state index contributed by atoms with van der Waals surface area (Å²) in [6, 6.07) is 3.73. The van der Waals surface area contributed by atoms with Crippen molar-refractivity contribution in [2.24, 2.45) is 0 Å². The zero-order chi connectivity index (χ0) is 20.9. The summed E-state index contributed by atoms with van der Waals surface area (Å²) in [5.41, 5.74) is 0. The minimum atomic E-state index is -3.83. The third-order valence-electron chi connectivity index (χ3n) is 4.92. The zero-order valence-corrected chi connectivity index (χ0v) is 17.4. The third-order valence-corrected chi connectivity index (χ3v) is 6.82. The van der Waals surface area contributed by atoms with Crippen molar-refractivity contribution in [3.8, 4) is 11.5 Å². The van der Waals surface area contributed by atoms with E-state index in [0.717, 1.165) is 13.0 Å². The van der Waals surface area contributed by atoms with Gasteiger partial charge in [0.2, 0.25) is 15.9 Å². The van der Waals surface area contributed by atoms with Crippen LogP contribution >= 0.6 is 0 Å². The molecule has 0 radical (unpaired) electrons. The smallest absolute Gasteiger partial charge is 0.243 e. The van der Waals surface area contributed by atoms with Gasteiger partial charge in [0, 0.05) is 38.1 Å². The molecule has 29 heavy (non-hydrogen) atoms. The van der Waals surface area contributed by atoms with Crippen molar-refractivity contribution in [1.29, 1.82) is 0 Å². The zero-order valence-electron chi connectivity index (χ0n) is 16.6. The van der Waals surface area contributed by atoms with E-state index in [4.69, 9.17) is 9.47 Å². The van der Waals surface area contributed by atoms with Gasteiger partial charge in [-0.2, -0.15) is 4.31 Å². The molecule has 1 aliphatic rings. The van der Waals surface area contributed by atoms with Gasteiger partial charge >= 0.3 is 0 Å². The normalized spacial score (nSPS) is 17.2. The van der Waals surface area contributed by atoms with E-state index in [2.05, 4.69) is 10.3 Å². The number of carbonyl (C=O) groups excluding carboxylic acids is 1. The van der Waals surface area contributed by atoms with Gasteiger partial charge in [-0.3, -0.25) is 4.79 Å². The Morgan fingerprint density at radius 2 is 2.07 bits per heavy atom. The first kappa shape index (κ1) is 21.1. The molecule has 1 amide bonds. The summed E-state index contributed by atoms with van der Waals surface area (Å²) >= 11 is 0. The fourth-order valence-corrected chi connectivity index (χ4v) is 5.08. The van der Waals surface area contributed by atoms with Gasteiger partial charge in [-0.05, 0) is 31.4 Å². The molecule has 2 aromatic rings. The fraction of sp³-hybridized carbons (Fsp3) is 0.474. The van der Waals surface area contributed by atoms with Crippen molar-refractivity contribution in [3.05, 3.63) is 36.9 Å². The summed E-state index contributed by atoms with van der Waals surface area (Å²) in [7, 11) is -0.898. The lowest BCUT2D eigenvalue weighted by molar-refractivity contribution is -0.124. The largest absolute Gasteiger partial charge is 0.493 e. The van der Waals surface area contributed by atoms with Crippen LogP contribution in [0.1, 0.15) is 19.3 Å². The second kappa shape index (κ2) is 9.27. The molecule has 2 heterocycles. The maximum atomic E-state index is 13.1. The van der Waals surface area contributed by atoms with Gasteiger partial charge in [0.15, 0.2) is 11.5 Å². The molecule has 158 valence electrons. The Bertz CT molecular complexity index is 930. The van der Waals surface area contributed by atoms with Crippen LogP contribution in [0.5, 0.6) is 11.5 Å². The highest BCUT2D eigenvalue weighted by Gasteiger charge is 2.39. The molecule has 1 saturated heterocycles. The van der Waals surface area contributed by atoms with Crippen molar-refractivity contribution in [2.45, 2.75) is 36.7 Å². The minimum Gasteiger partial charge on any atom is -0.493 e. The number of rotatable bonds is 9. The Labute approximate surface area is 170 Å². The Hall–Kier alpha value is -2.59. The average Bonchev–Trinajstić information content (AvgIpc) is 3.42. The molecule has 3 rings (SSSR count). The van der Waals surface area contributed by atoms with E-state index in [1.807, 2.05) is 10.8 Å². The van der Waals surface area contributed by atoms with Gasteiger partial charge in [-0.15, -0.1) is 0 Å². The van der Waals surface area contributed by atoms with Crippen LogP contribution in [-0.4, -0.2) is 61.5 Å². The van der Waals surface area contributed by atoms with Crippen LogP contribution in [0.25, 0.3) is 0 Å². The maximum Gasteiger partial charge on any atom is 0.243 e. The first-order valence-corrected chi connectivity index (χ1v) is 10.9. The average molecular weight is 423 g/mol. The number of imidazole rings is 1. The lowest BCUT2D eigenvalue weighted by atomic mass is 10.2. The topological polar surface area (TPSA) is 103 Å². The highest BCUT2D eigenvalue weighted by Crippen LogP contribution is 2.33. The van der Waals surface area contributed by atoms with Crippen molar-refractivity contribution in [3.63, 3.8) is 0 Å². The molecule has 1 aromatic carbocycles. The first-order chi connectivity index (χ1) is 14.0. The number of hydrogen-bond donors (Lipinski definition) is 1. The van der Waals surface area contributed by atoms with Crippen molar-refractivity contribution in [1.82, 2.24) is 19.2 Å². The number of sulfonamides is 1. The van der Waals surface area contributed by atoms with E-state index in [0.29, 0.717) is 37.4 Å². The number of aromatic nitrogens is 2. The number of carbonyl (C=O) groups is 1. The van der Waals surface area contributed by atoms with E-state index in [1.54, 1.807) is 18.6 Å². The van der Waals surface area contributed by atoms with Crippen LogP contribution in [0.4, 0.5) is 0 Å². The van der Waals surface area contributed by atoms with E-state index in [1.165, 1.54) is 30.7 Å². The van der Waals surface area contributed by atoms with Gasteiger partial charge in [-0.25, -0.2) is 13.4 Å². The second-order valence-electron chi connectivity index (χ2n) is 6.74. The molecular formula is C19H26N4O5S. The van der Waals surface area contributed by atoms with Gasteiger partial charge in [-0.1, -0.05) is 0 Å². The van der Waals surface area contributed by atoms with Crippen molar-refractivity contribution in [2.75, 3.05) is 27.3 Å². The first-order valence-electron chi connectivity index (χ1n) is 9.44. The molecule has 1 atom stereocenters. The van der Waals surface area contributed by atoms with Crippen LogP contribution in [-0.2, 0) is 21.4 Å². The van der Waals surface area contributed by atoms with Crippen LogP contribution < -0.4 is 14.8 Å². The van der Waals surface area contributed by atoms with Crippen LogP contribution in [0.2, 0.25) is 0 Å². The Balaban J connectivity index is 1.66. The molecule has 1 fully saturated rings. The monoisotopic (exact) mass is 422 g/mol. The number of nitrogens with one attached hydrogen (secondary N) is 1. The predicted molar refractivity (Wildman–Crippen MR) is 106 cm³/mol. The molecule has 1 aliphatic heterocycles. The number of methoxy groups -OCH3 is 2. The molecule has 0 aliphatic carbocycles. The number of nitrogens with zero attached hydrogens (tertiary/aromatic N) is 3. The highest BCUT2D eigenvalue weighted by molar-refractivity contribution is 7.89. The molecule has 0 saturated carbocycles. The Morgan fingerprint density at radius 1 is 1.28 bits per heavy atom. The van der Waals surface area contributed by atoms with Crippen molar-refractivity contribution >= 4 is 15.9 Å². The lowest BCUT2D eigenvalue weighted by Gasteiger charge is -2.24. The highest BCUT2D eigenvalue weighted by atomic mass is 32.2. The van der Waals surface area contributed by atoms with Gasteiger partial charge in [0.05, 0.1) is 25.4 Å². The Morgan fingerprint density at radius 3 is 2.76 bits per heavy atom. The van der Waals surface area contributed by atoms with Gasteiger partial charge in [0.25, 0.3) is 0 Å². The molecule has 9 nitrogen and oxygen atoms in total. The molecule has 0 bridgehead atoms. The van der Waals surface area contributed by atoms with E-state index < -0.39 is 16.1 Å². The number of ether oxygens (including phenoxy) is 2. The Kier molecular flexibility index (Phi) is 6.75. The van der Waals surface area contributed by atoms with Crippen LogP contribution in [0.15, 0.2) is 41.8 Å². The fourth-order valence-electron chi connectivity index (χ4n) is 3.41. The quantitative estimate of drug-likeness (QED) is 0.611. The number of aryl methyl sites for hydroxylation is 1. The molecule has 0 spiro atoms. The van der Waals surface area contributed by atoms with Gasteiger partial charge in [0.1, 0.15) is 6.04 Å². The number of hydrogen-bond acceptors (Lipinski definition) is 6. The standard InChI is InChI=1S/C19H26N4O5S/c1-27-17-7-6-15(13-18(17)28-2)29(25,26)23-11-3-5-16(23)19(24)21-8-4-10-22-12-9-20-14-22/h6-7,9,12-14,16H,3-5,8,10-11H2,1-2H3,(H,21,24). The minimum absolute atomic E-state index is 0.0787. The van der Waals surface area contributed by atoms with E-state index in [-0.39, 0.29) is 10.8 Å². The summed E-state index contributed by atoms with van der Waals surface area (Å²) in [5.74, 6) is 0.505. The van der Waals surface area contributed by atoms with E-state index in [9.17, 15) is 13.2 Å². The second-order valence-corrected chi connectivity index (χ2v) is 8.63. The summed E-state index contributed by atoms with van der Waals surface area (Å²) in [4.78, 5) is 16.7. The number of benzene rings is 1. The van der Waals surface area contributed by atoms with Crippen molar-refractivity contribution < 1.29 is 22.7 Å². The summed E-state index contributed by atoms with van der Waals surface area (Å²) in [5, 5.41) is 2.86. The summed E-state index contributed by atoms with van der Waals surface area (Å²) in [6.45, 7) is 1.51. The van der Waals surface area contributed by atoms with Gasteiger partial charge < -0.3 is 19.4 Å². The number of amides is 1.